The lowest BCUT2D eigenvalue weighted by Gasteiger charge is -2.23. The summed E-state index contributed by atoms with van der Waals surface area (Å²) >= 11 is 0. The van der Waals surface area contributed by atoms with Crippen LogP contribution in [0.3, 0.4) is 0 Å². The van der Waals surface area contributed by atoms with Crippen LogP contribution in [0.1, 0.15) is 25.7 Å². The van der Waals surface area contributed by atoms with Crippen LogP contribution in [0.5, 0.6) is 0 Å². The van der Waals surface area contributed by atoms with Crippen molar-refractivity contribution in [1.82, 2.24) is 0 Å². The van der Waals surface area contributed by atoms with Gasteiger partial charge in [0.1, 0.15) is 6.10 Å². The minimum atomic E-state index is -0.762. The number of aliphatic hydroxyl groups is 1. The summed E-state index contributed by atoms with van der Waals surface area (Å²) in [4.78, 5) is 14.2. The van der Waals surface area contributed by atoms with Gasteiger partial charge in [-0.15, -0.1) is 10.1 Å². The zero-order valence-corrected chi connectivity index (χ0v) is 6.10. The Morgan fingerprint density at radius 2 is 1.91 bits per heavy atom. The Balaban J connectivity index is 2.22. The first-order valence-corrected chi connectivity index (χ1v) is 3.67. The number of aliphatic hydroxyl groups excluding tert-OH is 1. The molecule has 0 aliphatic heterocycles. The zero-order valence-electron chi connectivity index (χ0n) is 6.10. The second-order valence-electron chi connectivity index (χ2n) is 2.76. The molecule has 64 valence electrons. The summed E-state index contributed by atoms with van der Waals surface area (Å²) in [6.45, 7) is 0. The van der Waals surface area contributed by atoms with Crippen LogP contribution >= 0.6 is 0 Å². The van der Waals surface area contributed by atoms with Gasteiger partial charge in [0.2, 0.25) is 0 Å². The molecule has 5 heteroatoms. The van der Waals surface area contributed by atoms with Crippen molar-refractivity contribution in [3.63, 3.8) is 0 Å². The standard InChI is InChI=1S/C6H11NO4/c8-5-1-3-6(4-2-5)11-7(9)10/h5-6,8H,1-4H2. The molecular weight excluding hydrogens is 150 g/mol. The predicted molar refractivity (Wildman–Crippen MR) is 36.3 cm³/mol. The summed E-state index contributed by atoms with van der Waals surface area (Å²) in [5.74, 6) is 0. The van der Waals surface area contributed by atoms with Gasteiger partial charge in [0.05, 0.1) is 6.10 Å². The Hall–Kier alpha value is -0.840. The molecule has 1 N–H and O–H groups in total. The first kappa shape index (κ1) is 8.26. The Kier molecular flexibility index (Phi) is 2.64. The van der Waals surface area contributed by atoms with Gasteiger partial charge < -0.3 is 9.94 Å². The summed E-state index contributed by atoms with van der Waals surface area (Å²) in [6.07, 6.45) is 1.80. The highest BCUT2D eigenvalue weighted by molar-refractivity contribution is 4.70. The van der Waals surface area contributed by atoms with Crippen molar-refractivity contribution in [2.45, 2.75) is 37.9 Å². The van der Waals surface area contributed by atoms with E-state index in [4.69, 9.17) is 5.11 Å². The average molecular weight is 161 g/mol. The summed E-state index contributed by atoms with van der Waals surface area (Å²) in [7, 11) is 0. The van der Waals surface area contributed by atoms with Crippen molar-refractivity contribution in [3.8, 4) is 0 Å². The van der Waals surface area contributed by atoms with Gasteiger partial charge in [-0.3, -0.25) is 0 Å². The van der Waals surface area contributed by atoms with Crippen LogP contribution in [0.2, 0.25) is 0 Å². The molecule has 0 radical (unpaired) electrons. The fraction of sp³-hybridized carbons (Fsp3) is 1.00. The van der Waals surface area contributed by atoms with E-state index in [2.05, 4.69) is 4.84 Å². The van der Waals surface area contributed by atoms with E-state index in [0.29, 0.717) is 25.7 Å². The van der Waals surface area contributed by atoms with Crippen molar-refractivity contribution >= 4 is 0 Å². The zero-order chi connectivity index (χ0) is 8.27. The predicted octanol–water partition coefficient (Wildman–Crippen LogP) is 0.498. The Labute approximate surface area is 64.1 Å². The molecule has 1 fully saturated rings. The number of hydrogen-bond acceptors (Lipinski definition) is 4. The Morgan fingerprint density at radius 1 is 1.36 bits per heavy atom. The van der Waals surface area contributed by atoms with Gasteiger partial charge in [-0.2, -0.15) is 0 Å². The molecule has 0 unspecified atom stereocenters. The summed E-state index contributed by atoms with van der Waals surface area (Å²) in [5, 5.41) is 18.1. The highest BCUT2D eigenvalue weighted by Crippen LogP contribution is 2.20. The fourth-order valence-corrected chi connectivity index (χ4v) is 1.27. The molecule has 0 aromatic heterocycles. The van der Waals surface area contributed by atoms with Gasteiger partial charge in [-0.1, -0.05) is 0 Å². The second-order valence-corrected chi connectivity index (χ2v) is 2.76. The molecule has 1 aliphatic rings. The topological polar surface area (TPSA) is 72.6 Å². The Bertz CT molecular complexity index is 142. The molecule has 0 saturated heterocycles. The molecule has 0 heterocycles. The SMILES string of the molecule is O=[N+]([O-])OC1CCC(O)CC1. The maximum atomic E-state index is 9.87. The summed E-state index contributed by atoms with van der Waals surface area (Å²) in [5.41, 5.74) is 0. The lowest BCUT2D eigenvalue weighted by molar-refractivity contribution is -0.769. The molecule has 5 nitrogen and oxygen atoms in total. The van der Waals surface area contributed by atoms with Crippen molar-refractivity contribution in [2.24, 2.45) is 0 Å². The van der Waals surface area contributed by atoms with Crippen molar-refractivity contribution in [3.05, 3.63) is 10.1 Å². The Morgan fingerprint density at radius 3 is 2.36 bits per heavy atom. The van der Waals surface area contributed by atoms with E-state index < -0.39 is 5.09 Å². The summed E-state index contributed by atoms with van der Waals surface area (Å²) < 4.78 is 0. The molecule has 0 aromatic carbocycles. The van der Waals surface area contributed by atoms with E-state index in [1.807, 2.05) is 0 Å². The first-order chi connectivity index (χ1) is 5.18. The third-order valence-corrected chi connectivity index (χ3v) is 1.88. The molecule has 1 rings (SSSR count). The molecule has 0 amide bonds. The van der Waals surface area contributed by atoms with Gasteiger partial charge in [-0.25, -0.2) is 0 Å². The van der Waals surface area contributed by atoms with Crippen LogP contribution in [0.4, 0.5) is 0 Å². The third-order valence-electron chi connectivity index (χ3n) is 1.88. The molecule has 0 bridgehead atoms. The molecular formula is C6H11NO4. The number of rotatable bonds is 2. The normalized spacial score (nSPS) is 31.4. The molecule has 1 aliphatic carbocycles. The van der Waals surface area contributed by atoms with Crippen molar-refractivity contribution < 1.29 is 15.0 Å². The second kappa shape index (κ2) is 3.52. The average Bonchev–Trinajstić information content (AvgIpc) is 1.93. The molecule has 0 spiro atoms. The van der Waals surface area contributed by atoms with Gasteiger partial charge in [0.25, 0.3) is 5.09 Å². The largest absolute Gasteiger partial charge is 0.393 e. The van der Waals surface area contributed by atoms with Gasteiger partial charge in [0.15, 0.2) is 0 Å². The smallest absolute Gasteiger partial charge is 0.294 e. The van der Waals surface area contributed by atoms with Gasteiger partial charge in [-0.05, 0) is 25.7 Å². The first-order valence-electron chi connectivity index (χ1n) is 3.67. The molecule has 1 saturated carbocycles. The maximum absolute atomic E-state index is 9.87. The van der Waals surface area contributed by atoms with Crippen LogP contribution < -0.4 is 0 Å². The quantitative estimate of drug-likeness (QED) is 0.472. The number of nitrogens with zero attached hydrogens (tertiary/aromatic N) is 1. The van der Waals surface area contributed by atoms with Crippen LogP contribution in [-0.2, 0) is 4.84 Å². The van der Waals surface area contributed by atoms with Crippen molar-refractivity contribution in [2.75, 3.05) is 0 Å². The maximum Gasteiger partial charge on any atom is 0.294 e. The molecule has 0 aromatic rings. The van der Waals surface area contributed by atoms with E-state index >= 15 is 0 Å². The lowest BCUT2D eigenvalue weighted by atomic mass is 9.95. The minimum Gasteiger partial charge on any atom is -0.393 e. The highest BCUT2D eigenvalue weighted by Gasteiger charge is 2.21. The lowest BCUT2D eigenvalue weighted by Crippen LogP contribution is -2.26. The third kappa shape index (κ3) is 2.71. The van der Waals surface area contributed by atoms with Gasteiger partial charge in [0, 0.05) is 0 Å². The van der Waals surface area contributed by atoms with Crippen LogP contribution in [0.15, 0.2) is 0 Å². The minimum absolute atomic E-state index is 0.290. The monoisotopic (exact) mass is 161 g/mol. The van der Waals surface area contributed by atoms with E-state index in [9.17, 15) is 10.1 Å². The van der Waals surface area contributed by atoms with E-state index in [1.54, 1.807) is 0 Å². The molecule has 0 atom stereocenters. The van der Waals surface area contributed by atoms with Gasteiger partial charge >= 0.3 is 0 Å². The fourth-order valence-electron chi connectivity index (χ4n) is 1.27. The van der Waals surface area contributed by atoms with Crippen molar-refractivity contribution in [1.29, 1.82) is 0 Å². The van der Waals surface area contributed by atoms with Crippen LogP contribution in [0, 0.1) is 10.1 Å². The van der Waals surface area contributed by atoms with Crippen LogP contribution in [0.25, 0.3) is 0 Å². The highest BCUT2D eigenvalue weighted by atomic mass is 17.0. The molecule has 11 heavy (non-hydrogen) atoms. The number of hydrogen-bond donors (Lipinski definition) is 1. The van der Waals surface area contributed by atoms with E-state index in [-0.39, 0.29) is 12.2 Å². The van der Waals surface area contributed by atoms with Crippen LogP contribution in [-0.4, -0.2) is 22.4 Å². The summed E-state index contributed by atoms with van der Waals surface area (Å²) in [6, 6.07) is 0. The van der Waals surface area contributed by atoms with E-state index in [0.717, 1.165) is 0 Å². The van der Waals surface area contributed by atoms with E-state index in [1.165, 1.54) is 0 Å².